The van der Waals surface area contributed by atoms with E-state index in [1.165, 1.54) is 70.6 Å². The highest BCUT2D eigenvalue weighted by atomic mass is 32.2. The highest BCUT2D eigenvalue weighted by Gasteiger charge is 2.17. The first-order chi connectivity index (χ1) is 14.5. The Morgan fingerprint density at radius 1 is 0.548 bits per heavy atom. The third kappa shape index (κ3) is 24.3. The van der Waals surface area contributed by atoms with E-state index < -0.39 is 26.3 Å². The first-order valence-corrected chi connectivity index (χ1v) is 15.9. The van der Waals surface area contributed by atoms with E-state index in [-0.39, 0.29) is 6.10 Å². The Kier molecular flexibility index (Phi) is 18.2. The fraction of sp³-hybridized carbons (Fsp3) is 1.00. The molecule has 2 atom stereocenters. The summed E-state index contributed by atoms with van der Waals surface area (Å²) in [5.41, 5.74) is 0. The van der Waals surface area contributed by atoms with Gasteiger partial charge in [0.2, 0.25) is 0 Å². The van der Waals surface area contributed by atoms with Gasteiger partial charge in [0, 0.05) is 0 Å². The van der Waals surface area contributed by atoms with E-state index in [1.54, 1.807) is 6.92 Å². The molecule has 6 nitrogen and oxygen atoms in total. The minimum atomic E-state index is -3.50. The van der Waals surface area contributed by atoms with Gasteiger partial charge in [-0.3, -0.25) is 8.37 Å². The van der Waals surface area contributed by atoms with Crippen molar-refractivity contribution in [3.63, 3.8) is 0 Å². The van der Waals surface area contributed by atoms with Gasteiger partial charge in [-0.2, -0.15) is 16.8 Å². The Labute approximate surface area is 193 Å². The third-order valence-corrected chi connectivity index (χ3v) is 6.72. The molecule has 0 spiro atoms. The molecule has 0 amide bonds. The van der Waals surface area contributed by atoms with Crippen LogP contribution in [0.15, 0.2) is 0 Å². The highest BCUT2D eigenvalue weighted by Crippen LogP contribution is 2.19. The Hall–Kier alpha value is -0.180. The molecule has 0 fully saturated rings. The SMILES string of the molecule is CCCCCCCCCCCCCCC[C@@H](CCC[C@H](C)OS(C)(=O)=O)OS(C)(=O)=O. The summed E-state index contributed by atoms with van der Waals surface area (Å²) >= 11 is 0. The smallest absolute Gasteiger partial charge is 0.264 e. The van der Waals surface area contributed by atoms with Crippen LogP contribution in [0.1, 0.15) is 123 Å². The molecule has 0 aromatic carbocycles. The van der Waals surface area contributed by atoms with Crippen LogP contribution in [-0.2, 0) is 28.6 Å². The maximum absolute atomic E-state index is 11.5. The molecule has 0 aromatic heterocycles. The van der Waals surface area contributed by atoms with Gasteiger partial charge in [-0.05, 0) is 32.6 Å². The van der Waals surface area contributed by atoms with Crippen LogP contribution in [0.25, 0.3) is 0 Å². The van der Waals surface area contributed by atoms with Crippen molar-refractivity contribution < 1.29 is 25.2 Å². The molecule has 0 aliphatic rings. The van der Waals surface area contributed by atoms with Crippen LogP contribution < -0.4 is 0 Å². The van der Waals surface area contributed by atoms with Crippen LogP contribution >= 0.6 is 0 Å². The Bertz CT molecular complexity index is 616. The molecule has 8 heteroatoms. The highest BCUT2D eigenvalue weighted by molar-refractivity contribution is 7.86. The van der Waals surface area contributed by atoms with Gasteiger partial charge < -0.3 is 0 Å². The van der Waals surface area contributed by atoms with Gasteiger partial charge in [-0.15, -0.1) is 0 Å². The van der Waals surface area contributed by atoms with Crippen molar-refractivity contribution in [2.75, 3.05) is 12.5 Å². The van der Waals surface area contributed by atoms with Crippen molar-refractivity contribution in [1.29, 1.82) is 0 Å². The predicted octanol–water partition coefficient (Wildman–Crippen LogP) is 6.35. The molecule has 0 aromatic rings. The van der Waals surface area contributed by atoms with E-state index in [0.29, 0.717) is 25.7 Å². The molecule has 0 aliphatic carbocycles. The quantitative estimate of drug-likeness (QED) is 0.131. The zero-order valence-electron chi connectivity index (χ0n) is 20.4. The van der Waals surface area contributed by atoms with Gasteiger partial charge in [-0.1, -0.05) is 90.4 Å². The summed E-state index contributed by atoms with van der Waals surface area (Å²) in [5.74, 6) is 0. The summed E-state index contributed by atoms with van der Waals surface area (Å²) < 4.78 is 55.5. The van der Waals surface area contributed by atoms with Crippen molar-refractivity contribution in [2.45, 2.75) is 135 Å². The molecule has 31 heavy (non-hydrogen) atoms. The van der Waals surface area contributed by atoms with Crippen LogP contribution in [0.4, 0.5) is 0 Å². The zero-order valence-corrected chi connectivity index (χ0v) is 22.1. The Morgan fingerprint density at radius 3 is 1.35 bits per heavy atom. The number of hydrogen-bond acceptors (Lipinski definition) is 6. The minimum Gasteiger partial charge on any atom is -0.267 e. The maximum Gasteiger partial charge on any atom is 0.264 e. The predicted molar refractivity (Wildman–Crippen MR) is 129 cm³/mol. The molecule has 0 unspecified atom stereocenters. The van der Waals surface area contributed by atoms with Gasteiger partial charge in [0.15, 0.2) is 0 Å². The van der Waals surface area contributed by atoms with Crippen molar-refractivity contribution in [1.82, 2.24) is 0 Å². The van der Waals surface area contributed by atoms with Gasteiger partial charge in [0.25, 0.3) is 20.2 Å². The van der Waals surface area contributed by atoms with E-state index in [9.17, 15) is 16.8 Å². The van der Waals surface area contributed by atoms with Gasteiger partial charge in [-0.25, -0.2) is 0 Å². The first-order valence-electron chi connectivity index (χ1n) is 12.3. The Morgan fingerprint density at radius 2 is 0.935 bits per heavy atom. The molecule has 0 saturated heterocycles. The van der Waals surface area contributed by atoms with E-state index in [1.807, 2.05) is 0 Å². The average Bonchev–Trinajstić information content (AvgIpc) is 2.62. The molecule has 0 N–H and O–H groups in total. The number of rotatable bonds is 22. The molecule has 0 heterocycles. The van der Waals surface area contributed by atoms with Crippen molar-refractivity contribution in [2.24, 2.45) is 0 Å². The van der Waals surface area contributed by atoms with Crippen LogP contribution in [-0.4, -0.2) is 41.6 Å². The lowest BCUT2D eigenvalue weighted by molar-refractivity contribution is 0.168. The fourth-order valence-electron chi connectivity index (χ4n) is 3.86. The topological polar surface area (TPSA) is 86.7 Å². The lowest BCUT2D eigenvalue weighted by Crippen LogP contribution is -2.19. The fourth-order valence-corrected chi connectivity index (χ4v) is 5.24. The minimum absolute atomic E-state index is 0.340. The summed E-state index contributed by atoms with van der Waals surface area (Å²) in [6.07, 6.45) is 20.5. The zero-order chi connectivity index (χ0) is 23.6. The molecular weight excluding hydrogens is 436 g/mol. The lowest BCUT2D eigenvalue weighted by atomic mass is 10.0. The summed E-state index contributed by atoms with van der Waals surface area (Å²) in [6.45, 7) is 3.96. The summed E-state index contributed by atoms with van der Waals surface area (Å²) in [7, 11) is -6.96. The molecule has 188 valence electrons. The van der Waals surface area contributed by atoms with E-state index in [2.05, 4.69) is 6.92 Å². The largest absolute Gasteiger partial charge is 0.267 e. The Balaban J connectivity index is 3.87. The van der Waals surface area contributed by atoms with E-state index in [4.69, 9.17) is 8.37 Å². The molecule has 0 rings (SSSR count). The standard InChI is InChI=1S/C23H48O6S2/c1-5-6-7-8-9-10-11-12-13-14-15-16-17-20-23(29-31(4,26)27)21-18-19-22(2)28-30(3,24)25/h22-23H,5-21H2,1-4H3/t22-,23-/m0/s1. The van der Waals surface area contributed by atoms with Crippen molar-refractivity contribution in [3.8, 4) is 0 Å². The normalized spacial score (nSPS) is 14.6. The van der Waals surface area contributed by atoms with Crippen molar-refractivity contribution >= 4 is 20.2 Å². The van der Waals surface area contributed by atoms with Crippen LogP contribution in [0.3, 0.4) is 0 Å². The third-order valence-electron chi connectivity index (χ3n) is 5.42. The van der Waals surface area contributed by atoms with Crippen molar-refractivity contribution in [3.05, 3.63) is 0 Å². The molecule has 0 radical (unpaired) electrons. The van der Waals surface area contributed by atoms with Crippen LogP contribution in [0.5, 0.6) is 0 Å². The average molecular weight is 485 g/mol. The number of hydrogen-bond donors (Lipinski definition) is 0. The molecular formula is C23H48O6S2. The molecule has 0 bridgehead atoms. The maximum atomic E-state index is 11.5. The second kappa shape index (κ2) is 18.3. The summed E-state index contributed by atoms with van der Waals surface area (Å²) in [5, 5.41) is 0. The van der Waals surface area contributed by atoms with E-state index >= 15 is 0 Å². The lowest BCUT2D eigenvalue weighted by Gasteiger charge is -2.17. The van der Waals surface area contributed by atoms with Gasteiger partial charge in [0.1, 0.15) is 0 Å². The summed E-state index contributed by atoms with van der Waals surface area (Å²) in [6, 6.07) is 0. The van der Waals surface area contributed by atoms with Crippen LogP contribution in [0, 0.1) is 0 Å². The van der Waals surface area contributed by atoms with E-state index in [0.717, 1.165) is 25.4 Å². The second-order valence-electron chi connectivity index (χ2n) is 9.00. The number of unbranched alkanes of at least 4 members (excludes halogenated alkanes) is 12. The molecule has 0 aliphatic heterocycles. The first kappa shape index (κ1) is 30.8. The summed E-state index contributed by atoms with van der Waals surface area (Å²) in [4.78, 5) is 0. The second-order valence-corrected chi connectivity index (χ2v) is 12.2. The monoisotopic (exact) mass is 484 g/mol. The molecule has 0 saturated carbocycles. The van der Waals surface area contributed by atoms with Gasteiger partial charge in [0.05, 0.1) is 24.7 Å². The van der Waals surface area contributed by atoms with Crippen LogP contribution in [0.2, 0.25) is 0 Å². The van der Waals surface area contributed by atoms with Gasteiger partial charge >= 0.3 is 0 Å².